The zero-order chi connectivity index (χ0) is 11.0. The number of methoxy groups -OCH3 is 1. The molecule has 0 radical (unpaired) electrons. The summed E-state index contributed by atoms with van der Waals surface area (Å²) in [6.07, 6.45) is -0.166. The molecule has 0 spiro atoms. The third kappa shape index (κ3) is 1.95. The van der Waals surface area contributed by atoms with Crippen LogP contribution in [0, 0.1) is 11.8 Å². The maximum absolute atomic E-state index is 11.4. The Hall–Kier alpha value is -0.770. The van der Waals surface area contributed by atoms with Crippen molar-refractivity contribution in [2.45, 2.75) is 19.9 Å². The monoisotopic (exact) mass is 212 g/mol. The van der Waals surface area contributed by atoms with E-state index >= 15 is 0 Å². The molecule has 1 unspecified atom stereocenters. The van der Waals surface area contributed by atoms with Crippen LogP contribution in [-0.4, -0.2) is 55.2 Å². The first-order valence-corrected chi connectivity index (χ1v) is 5.68. The number of rotatable bonds is 1. The minimum Gasteiger partial charge on any atom is -0.453 e. The number of carbonyl (C=O) groups excluding carboxylic acids is 1. The summed E-state index contributed by atoms with van der Waals surface area (Å²) in [5.74, 6) is 1.32. The van der Waals surface area contributed by atoms with Gasteiger partial charge in [0.1, 0.15) is 0 Å². The van der Waals surface area contributed by atoms with Crippen LogP contribution in [0.5, 0.6) is 0 Å². The molecule has 2 fully saturated rings. The minimum atomic E-state index is -0.166. The molecule has 4 heteroatoms. The fraction of sp³-hybridized carbons (Fsp3) is 0.909. The van der Waals surface area contributed by atoms with Crippen LogP contribution in [0.3, 0.4) is 0 Å². The molecule has 0 N–H and O–H groups in total. The Morgan fingerprint density at radius 1 is 1.20 bits per heavy atom. The molecule has 0 saturated carbocycles. The van der Waals surface area contributed by atoms with E-state index in [-0.39, 0.29) is 6.09 Å². The Bertz CT molecular complexity index is 241. The first-order valence-electron chi connectivity index (χ1n) is 5.68. The van der Waals surface area contributed by atoms with E-state index in [1.54, 1.807) is 0 Å². The highest BCUT2D eigenvalue weighted by Gasteiger charge is 2.42. The topological polar surface area (TPSA) is 32.8 Å². The normalized spacial score (nSPS) is 31.1. The van der Waals surface area contributed by atoms with Crippen LogP contribution in [0.25, 0.3) is 0 Å². The number of likely N-dealkylation sites (tertiary alicyclic amines) is 2. The molecule has 0 aliphatic carbocycles. The molecule has 2 heterocycles. The average Bonchev–Trinajstić information content (AvgIpc) is 2.72. The predicted molar refractivity (Wildman–Crippen MR) is 57.7 cm³/mol. The number of ether oxygens (including phenoxy) is 1. The lowest BCUT2D eigenvalue weighted by Gasteiger charge is -2.23. The molecule has 2 atom stereocenters. The van der Waals surface area contributed by atoms with Gasteiger partial charge in [-0.15, -0.1) is 0 Å². The second-order valence-corrected chi connectivity index (χ2v) is 4.94. The summed E-state index contributed by atoms with van der Waals surface area (Å²) < 4.78 is 4.75. The summed E-state index contributed by atoms with van der Waals surface area (Å²) >= 11 is 0. The summed E-state index contributed by atoms with van der Waals surface area (Å²) in [6, 6.07) is 0.627. The van der Waals surface area contributed by atoms with Gasteiger partial charge in [-0.1, -0.05) is 0 Å². The van der Waals surface area contributed by atoms with E-state index in [0.717, 1.165) is 26.2 Å². The van der Waals surface area contributed by atoms with Crippen molar-refractivity contribution in [2.75, 3.05) is 33.3 Å². The second-order valence-electron chi connectivity index (χ2n) is 4.94. The number of nitrogens with zero attached hydrogens (tertiary/aromatic N) is 2. The average molecular weight is 212 g/mol. The Morgan fingerprint density at radius 3 is 2.13 bits per heavy atom. The minimum absolute atomic E-state index is 0.166. The van der Waals surface area contributed by atoms with Gasteiger partial charge in [-0.2, -0.15) is 0 Å². The van der Waals surface area contributed by atoms with Gasteiger partial charge in [0.05, 0.1) is 7.11 Å². The van der Waals surface area contributed by atoms with Gasteiger partial charge in [-0.05, 0) is 25.7 Å². The van der Waals surface area contributed by atoms with Crippen molar-refractivity contribution in [2.24, 2.45) is 11.8 Å². The van der Waals surface area contributed by atoms with Crippen LogP contribution >= 0.6 is 0 Å². The number of amides is 1. The summed E-state index contributed by atoms with van der Waals surface area (Å²) in [5, 5.41) is 0. The first kappa shape index (κ1) is 10.7. The van der Waals surface area contributed by atoms with Gasteiger partial charge in [0.15, 0.2) is 0 Å². The van der Waals surface area contributed by atoms with E-state index in [9.17, 15) is 4.79 Å². The van der Waals surface area contributed by atoms with Crippen molar-refractivity contribution >= 4 is 6.09 Å². The maximum Gasteiger partial charge on any atom is 0.409 e. The fourth-order valence-electron chi connectivity index (χ4n) is 2.73. The molecule has 0 aromatic rings. The highest BCUT2D eigenvalue weighted by atomic mass is 16.5. The van der Waals surface area contributed by atoms with Gasteiger partial charge in [0, 0.05) is 32.2 Å². The van der Waals surface area contributed by atoms with Crippen molar-refractivity contribution in [3.05, 3.63) is 0 Å². The molecule has 15 heavy (non-hydrogen) atoms. The standard InChI is InChI=1S/C11H20N2O2/c1-8(2)12-4-9-6-13(11(14)15-3)7-10(9)5-12/h8-10H,4-7H2,1-3H3/t9-,10?/m0/s1. The van der Waals surface area contributed by atoms with Crippen molar-refractivity contribution < 1.29 is 9.53 Å². The molecule has 4 nitrogen and oxygen atoms in total. The SMILES string of the molecule is COC(=O)N1CC2CN(C(C)C)C[C@H]2C1. The van der Waals surface area contributed by atoms with Gasteiger partial charge in [-0.3, -0.25) is 0 Å². The molecule has 2 rings (SSSR count). The zero-order valence-electron chi connectivity index (χ0n) is 9.77. The first-order chi connectivity index (χ1) is 7.11. The smallest absolute Gasteiger partial charge is 0.409 e. The van der Waals surface area contributed by atoms with Crippen LogP contribution in [0.4, 0.5) is 4.79 Å². The molecular weight excluding hydrogens is 192 g/mol. The predicted octanol–water partition coefficient (Wildman–Crippen LogP) is 1.02. The largest absolute Gasteiger partial charge is 0.453 e. The molecule has 2 aliphatic rings. The van der Waals surface area contributed by atoms with E-state index < -0.39 is 0 Å². The highest BCUT2D eigenvalue weighted by Crippen LogP contribution is 2.32. The summed E-state index contributed by atoms with van der Waals surface area (Å²) in [6.45, 7) is 8.49. The van der Waals surface area contributed by atoms with E-state index in [2.05, 4.69) is 18.7 Å². The quantitative estimate of drug-likeness (QED) is 0.650. The van der Waals surface area contributed by atoms with Gasteiger partial charge in [-0.25, -0.2) is 4.79 Å². The van der Waals surface area contributed by atoms with E-state index in [1.807, 2.05) is 4.90 Å². The van der Waals surface area contributed by atoms with Gasteiger partial charge in [0.25, 0.3) is 0 Å². The molecule has 1 amide bonds. The van der Waals surface area contributed by atoms with E-state index in [0.29, 0.717) is 17.9 Å². The van der Waals surface area contributed by atoms with Gasteiger partial charge in [0.2, 0.25) is 0 Å². The Kier molecular flexibility index (Phi) is 2.87. The van der Waals surface area contributed by atoms with Gasteiger partial charge >= 0.3 is 6.09 Å². The lowest BCUT2D eigenvalue weighted by Crippen LogP contribution is -2.35. The Balaban J connectivity index is 1.90. The fourth-order valence-corrected chi connectivity index (χ4v) is 2.73. The zero-order valence-corrected chi connectivity index (χ0v) is 9.77. The molecule has 2 saturated heterocycles. The number of carbonyl (C=O) groups is 1. The van der Waals surface area contributed by atoms with Crippen LogP contribution in [0.1, 0.15) is 13.8 Å². The summed E-state index contributed by atoms with van der Waals surface area (Å²) in [7, 11) is 1.46. The van der Waals surface area contributed by atoms with Crippen molar-refractivity contribution in [1.29, 1.82) is 0 Å². The van der Waals surface area contributed by atoms with Gasteiger partial charge < -0.3 is 14.5 Å². The van der Waals surface area contributed by atoms with E-state index in [1.165, 1.54) is 7.11 Å². The summed E-state index contributed by atoms with van der Waals surface area (Å²) in [4.78, 5) is 15.7. The molecule has 0 aromatic heterocycles. The van der Waals surface area contributed by atoms with Crippen LogP contribution in [0.15, 0.2) is 0 Å². The molecular formula is C11H20N2O2. The lowest BCUT2D eigenvalue weighted by atomic mass is 10.0. The van der Waals surface area contributed by atoms with Crippen LogP contribution < -0.4 is 0 Å². The third-order valence-electron chi connectivity index (χ3n) is 3.68. The molecule has 2 aliphatic heterocycles. The lowest BCUT2D eigenvalue weighted by molar-refractivity contribution is 0.126. The van der Waals surface area contributed by atoms with Crippen molar-refractivity contribution in [1.82, 2.24) is 9.80 Å². The summed E-state index contributed by atoms with van der Waals surface area (Å²) in [5.41, 5.74) is 0. The highest BCUT2D eigenvalue weighted by molar-refractivity contribution is 5.67. The number of fused-ring (bicyclic) bond motifs is 1. The number of hydrogen-bond acceptors (Lipinski definition) is 3. The third-order valence-corrected chi connectivity index (χ3v) is 3.68. The molecule has 86 valence electrons. The van der Waals surface area contributed by atoms with E-state index in [4.69, 9.17) is 4.74 Å². The second kappa shape index (κ2) is 4.00. The van der Waals surface area contributed by atoms with Crippen molar-refractivity contribution in [3.8, 4) is 0 Å². The molecule has 0 bridgehead atoms. The maximum atomic E-state index is 11.4. The number of hydrogen-bond donors (Lipinski definition) is 0. The van der Waals surface area contributed by atoms with Crippen LogP contribution in [-0.2, 0) is 4.74 Å². The Labute approximate surface area is 91.2 Å². The van der Waals surface area contributed by atoms with Crippen LogP contribution in [0.2, 0.25) is 0 Å². The molecule has 0 aromatic carbocycles. The Morgan fingerprint density at radius 2 is 1.73 bits per heavy atom. The van der Waals surface area contributed by atoms with Crippen molar-refractivity contribution in [3.63, 3.8) is 0 Å².